The Morgan fingerprint density at radius 1 is 1.31 bits per heavy atom. The number of amides is 2. The van der Waals surface area contributed by atoms with Crippen LogP contribution >= 0.6 is 0 Å². The lowest BCUT2D eigenvalue weighted by Gasteiger charge is -2.17. The van der Waals surface area contributed by atoms with Crippen molar-refractivity contribution in [2.45, 2.75) is 13.1 Å². The summed E-state index contributed by atoms with van der Waals surface area (Å²) in [4.78, 5) is 24.7. The lowest BCUT2D eigenvalue weighted by molar-refractivity contribution is 0.0601. The number of fused-ring (bicyclic) bond motifs is 1. The normalized spacial score (nSPS) is 15.9. The minimum absolute atomic E-state index is 0.331. The highest BCUT2D eigenvalue weighted by atomic mass is 16.2. The molecule has 1 aliphatic rings. The van der Waals surface area contributed by atoms with Crippen LogP contribution in [0.2, 0.25) is 0 Å². The van der Waals surface area contributed by atoms with E-state index in [0.717, 1.165) is 4.90 Å². The van der Waals surface area contributed by atoms with Crippen LogP contribution in [0.1, 0.15) is 33.2 Å². The first-order chi connectivity index (χ1) is 7.56. The molecule has 1 heterocycles. The lowest BCUT2D eigenvalue weighted by Crippen LogP contribution is -2.43. The Labute approximate surface area is 93.0 Å². The third-order valence-electron chi connectivity index (χ3n) is 2.49. The lowest BCUT2D eigenvalue weighted by atomic mass is 10.1. The maximum Gasteiger partial charge on any atom is 0.262 e. The smallest absolute Gasteiger partial charge is 0.262 e. The molecule has 2 rings (SSSR count). The number of nitrogens with zero attached hydrogens (tertiary/aromatic N) is 1. The van der Waals surface area contributed by atoms with Gasteiger partial charge in [-0.3, -0.25) is 14.5 Å². The minimum Gasteiger partial charge on any atom is -0.311 e. The van der Waals surface area contributed by atoms with Crippen molar-refractivity contribution in [3.05, 3.63) is 34.9 Å². The third kappa shape index (κ3) is 1.30. The van der Waals surface area contributed by atoms with Gasteiger partial charge in [0.25, 0.3) is 11.8 Å². The number of imide groups is 1. The molecule has 0 saturated heterocycles. The van der Waals surface area contributed by atoms with Crippen LogP contribution in [-0.4, -0.2) is 22.9 Å². The van der Waals surface area contributed by atoms with Gasteiger partial charge in [-0.1, -0.05) is 5.92 Å². The first-order valence-electron chi connectivity index (χ1n) is 4.80. The first-order valence-corrected chi connectivity index (χ1v) is 4.80. The zero-order valence-electron chi connectivity index (χ0n) is 8.73. The van der Waals surface area contributed by atoms with Gasteiger partial charge in [-0.15, -0.1) is 6.42 Å². The minimum atomic E-state index is -0.637. The summed E-state index contributed by atoms with van der Waals surface area (Å²) in [5.74, 6) is 1.68. The fourth-order valence-electron chi connectivity index (χ4n) is 1.72. The summed E-state index contributed by atoms with van der Waals surface area (Å²) >= 11 is 0. The quantitative estimate of drug-likeness (QED) is 0.549. The number of hydrogen-bond acceptors (Lipinski definition) is 3. The molecule has 0 saturated carbocycles. The number of hydrogen-bond donors (Lipinski definition) is 1. The standard InChI is InChI=1S/C12H10N2O2/c1-3-8-4-5-9-10(6-8)12(16)14(7(2)13)11(9)15/h1,4-7H,13H2,2H3. The predicted molar refractivity (Wildman–Crippen MR) is 58.5 cm³/mol. The molecule has 1 aromatic rings. The molecule has 4 heteroatoms. The van der Waals surface area contributed by atoms with E-state index in [9.17, 15) is 9.59 Å². The molecule has 0 spiro atoms. The van der Waals surface area contributed by atoms with Crippen molar-refractivity contribution < 1.29 is 9.59 Å². The van der Waals surface area contributed by atoms with Crippen molar-refractivity contribution in [3.63, 3.8) is 0 Å². The van der Waals surface area contributed by atoms with Gasteiger partial charge in [0.2, 0.25) is 0 Å². The van der Waals surface area contributed by atoms with Crippen LogP contribution in [-0.2, 0) is 0 Å². The molecule has 0 aliphatic carbocycles. The van der Waals surface area contributed by atoms with Crippen LogP contribution in [0.4, 0.5) is 0 Å². The molecular weight excluding hydrogens is 204 g/mol. The molecule has 2 amide bonds. The molecule has 4 nitrogen and oxygen atoms in total. The predicted octanol–water partition coefficient (Wildman–Crippen LogP) is 0.569. The largest absolute Gasteiger partial charge is 0.311 e. The van der Waals surface area contributed by atoms with Crippen molar-refractivity contribution in [1.82, 2.24) is 4.90 Å². The summed E-state index contributed by atoms with van der Waals surface area (Å²) in [7, 11) is 0. The van der Waals surface area contributed by atoms with Crippen molar-refractivity contribution >= 4 is 11.8 Å². The molecule has 2 N–H and O–H groups in total. The second-order valence-electron chi connectivity index (χ2n) is 3.63. The van der Waals surface area contributed by atoms with E-state index in [1.54, 1.807) is 19.1 Å². The van der Waals surface area contributed by atoms with Crippen molar-refractivity contribution in [3.8, 4) is 12.3 Å². The highest BCUT2D eigenvalue weighted by Gasteiger charge is 2.37. The van der Waals surface area contributed by atoms with Gasteiger partial charge in [0.05, 0.1) is 17.3 Å². The van der Waals surface area contributed by atoms with E-state index < -0.39 is 6.17 Å². The number of terminal acetylenes is 1. The van der Waals surface area contributed by atoms with Crippen LogP contribution in [0, 0.1) is 12.3 Å². The van der Waals surface area contributed by atoms with Gasteiger partial charge in [0.1, 0.15) is 0 Å². The molecule has 1 unspecified atom stereocenters. The monoisotopic (exact) mass is 214 g/mol. The maximum absolute atomic E-state index is 11.9. The molecule has 0 radical (unpaired) electrons. The van der Waals surface area contributed by atoms with Gasteiger partial charge >= 0.3 is 0 Å². The van der Waals surface area contributed by atoms with Crippen molar-refractivity contribution in [2.75, 3.05) is 0 Å². The number of benzene rings is 1. The van der Waals surface area contributed by atoms with Crippen LogP contribution in [0.15, 0.2) is 18.2 Å². The Morgan fingerprint density at radius 2 is 1.94 bits per heavy atom. The van der Waals surface area contributed by atoms with E-state index in [1.165, 1.54) is 6.07 Å². The Balaban J connectivity index is 2.57. The number of rotatable bonds is 1. The Bertz CT molecular complexity index is 526. The Hall–Kier alpha value is -2.12. The molecule has 0 fully saturated rings. The Morgan fingerprint density at radius 3 is 2.50 bits per heavy atom. The molecule has 1 aliphatic heterocycles. The van der Waals surface area contributed by atoms with Gasteiger partial charge in [-0.05, 0) is 25.1 Å². The molecule has 0 aromatic heterocycles. The highest BCUT2D eigenvalue weighted by molar-refractivity contribution is 6.21. The second kappa shape index (κ2) is 3.47. The fourth-order valence-corrected chi connectivity index (χ4v) is 1.72. The third-order valence-corrected chi connectivity index (χ3v) is 2.49. The summed E-state index contributed by atoms with van der Waals surface area (Å²) < 4.78 is 0. The van der Waals surface area contributed by atoms with Crippen LogP contribution in [0.25, 0.3) is 0 Å². The maximum atomic E-state index is 11.9. The SMILES string of the molecule is C#Cc1ccc2c(c1)C(=O)N(C(C)N)C2=O. The summed E-state index contributed by atoms with van der Waals surface area (Å²) in [6.45, 7) is 1.59. The van der Waals surface area contributed by atoms with E-state index in [0.29, 0.717) is 16.7 Å². The number of nitrogens with two attached hydrogens (primary N) is 1. The van der Waals surface area contributed by atoms with Gasteiger partial charge in [-0.2, -0.15) is 0 Å². The van der Waals surface area contributed by atoms with Gasteiger partial charge in [0.15, 0.2) is 0 Å². The summed E-state index contributed by atoms with van der Waals surface area (Å²) in [6, 6.07) is 4.74. The fraction of sp³-hybridized carbons (Fsp3) is 0.167. The first kappa shape index (κ1) is 10.4. The van der Waals surface area contributed by atoms with E-state index in [2.05, 4.69) is 5.92 Å². The molecule has 16 heavy (non-hydrogen) atoms. The Kier molecular flexibility index (Phi) is 2.26. The molecule has 0 bridgehead atoms. The van der Waals surface area contributed by atoms with Gasteiger partial charge in [-0.25, -0.2) is 0 Å². The molecule has 80 valence electrons. The van der Waals surface area contributed by atoms with Crippen LogP contribution < -0.4 is 5.73 Å². The number of carbonyl (C=O) groups excluding carboxylic acids is 2. The van der Waals surface area contributed by atoms with Crippen molar-refractivity contribution in [2.24, 2.45) is 5.73 Å². The molecular formula is C12H10N2O2. The van der Waals surface area contributed by atoms with E-state index >= 15 is 0 Å². The summed E-state index contributed by atoms with van der Waals surface area (Å²) in [5.41, 5.74) is 6.84. The summed E-state index contributed by atoms with van der Waals surface area (Å²) in [5, 5.41) is 0. The number of carbonyl (C=O) groups is 2. The highest BCUT2D eigenvalue weighted by Crippen LogP contribution is 2.24. The zero-order valence-corrected chi connectivity index (χ0v) is 8.73. The van der Waals surface area contributed by atoms with Crippen LogP contribution in [0.5, 0.6) is 0 Å². The molecule has 1 atom stereocenters. The topological polar surface area (TPSA) is 63.4 Å². The summed E-state index contributed by atoms with van der Waals surface area (Å²) in [6.07, 6.45) is 4.60. The second-order valence-corrected chi connectivity index (χ2v) is 3.63. The molecule has 1 aromatic carbocycles. The van der Waals surface area contributed by atoms with Gasteiger partial charge < -0.3 is 5.73 Å². The van der Waals surface area contributed by atoms with Crippen LogP contribution in [0.3, 0.4) is 0 Å². The zero-order chi connectivity index (χ0) is 11.9. The average Bonchev–Trinajstić information content (AvgIpc) is 2.51. The average molecular weight is 214 g/mol. The van der Waals surface area contributed by atoms with E-state index in [-0.39, 0.29) is 11.8 Å². The van der Waals surface area contributed by atoms with E-state index in [4.69, 9.17) is 12.2 Å². The van der Waals surface area contributed by atoms with Gasteiger partial charge in [0, 0.05) is 5.56 Å². The van der Waals surface area contributed by atoms with Crippen molar-refractivity contribution in [1.29, 1.82) is 0 Å². The van der Waals surface area contributed by atoms with E-state index in [1.807, 2.05) is 0 Å².